The van der Waals surface area contributed by atoms with Crippen LogP contribution in [0, 0.1) is 11.3 Å². The number of ether oxygens (including phenoxy) is 1. The fraction of sp³-hybridized carbons (Fsp3) is 0.522. The number of benzene rings is 1. The van der Waals surface area contributed by atoms with Crippen LogP contribution in [0.5, 0.6) is 5.75 Å². The van der Waals surface area contributed by atoms with Crippen LogP contribution >= 0.6 is 0 Å². The van der Waals surface area contributed by atoms with E-state index in [2.05, 4.69) is 16.0 Å². The molecule has 4 rings (SSSR count). The number of likely N-dealkylation sites (tertiary alicyclic amines) is 2. The molecule has 1 amide bonds. The Hall–Kier alpha value is -2.65. The topological polar surface area (TPSA) is 69.5 Å². The highest BCUT2D eigenvalue weighted by Crippen LogP contribution is 2.23. The van der Waals surface area contributed by atoms with Crippen molar-refractivity contribution in [1.29, 1.82) is 5.26 Å². The standard InChI is InChI=1S/C23H28N4O2/c24-17-19-6-4-14-27(19)23(28)22-9-7-18-16-20(8-10-21(18)25-22)29-15-5-13-26-11-2-1-3-12-26/h7-10,16,19H,1-6,11-15H2. The van der Waals surface area contributed by atoms with Crippen LogP contribution in [0.25, 0.3) is 10.9 Å². The molecular formula is C23H28N4O2. The first-order chi connectivity index (χ1) is 14.2. The molecule has 0 aliphatic carbocycles. The average molecular weight is 393 g/mol. The van der Waals surface area contributed by atoms with Gasteiger partial charge in [-0.2, -0.15) is 5.26 Å². The maximum Gasteiger partial charge on any atom is 0.273 e. The number of amides is 1. The third kappa shape index (κ3) is 4.68. The molecule has 29 heavy (non-hydrogen) atoms. The van der Waals surface area contributed by atoms with E-state index in [9.17, 15) is 10.1 Å². The number of fused-ring (bicyclic) bond motifs is 1. The first-order valence-corrected chi connectivity index (χ1v) is 10.7. The van der Waals surface area contributed by atoms with E-state index in [1.54, 1.807) is 11.0 Å². The second kappa shape index (κ2) is 9.23. The van der Waals surface area contributed by atoms with Gasteiger partial charge in [0.2, 0.25) is 0 Å². The van der Waals surface area contributed by atoms with Gasteiger partial charge >= 0.3 is 0 Å². The lowest BCUT2D eigenvalue weighted by Crippen LogP contribution is -2.35. The molecule has 6 nitrogen and oxygen atoms in total. The summed E-state index contributed by atoms with van der Waals surface area (Å²) in [5.41, 5.74) is 1.17. The number of hydrogen-bond acceptors (Lipinski definition) is 5. The summed E-state index contributed by atoms with van der Waals surface area (Å²) in [6.45, 7) is 4.86. The van der Waals surface area contributed by atoms with E-state index < -0.39 is 0 Å². The number of hydrogen-bond donors (Lipinski definition) is 0. The summed E-state index contributed by atoms with van der Waals surface area (Å²) in [6.07, 6.45) is 6.64. The van der Waals surface area contributed by atoms with Crippen molar-refractivity contribution in [2.24, 2.45) is 0 Å². The first-order valence-electron chi connectivity index (χ1n) is 10.7. The Labute approximate surface area is 172 Å². The van der Waals surface area contributed by atoms with Crippen molar-refractivity contribution in [1.82, 2.24) is 14.8 Å². The predicted octanol–water partition coefficient (Wildman–Crippen LogP) is 3.62. The highest BCUT2D eigenvalue weighted by molar-refractivity contribution is 5.95. The Bertz CT molecular complexity index is 901. The molecule has 2 saturated heterocycles. The number of pyridine rings is 1. The van der Waals surface area contributed by atoms with Gasteiger partial charge in [0, 0.05) is 18.5 Å². The Balaban J connectivity index is 1.35. The minimum atomic E-state index is -0.333. The van der Waals surface area contributed by atoms with E-state index in [4.69, 9.17) is 4.74 Å². The second-order valence-electron chi connectivity index (χ2n) is 7.94. The molecule has 152 valence electrons. The summed E-state index contributed by atoms with van der Waals surface area (Å²) < 4.78 is 5.93. The molecule has 1 unspecified atom stereocenters. The summed E-state index contributed by atoms with van der Waals surface area (Å²) in [5, 5.41) is 10.2. The van der Waals surface area contributed by atoms with Crippen LogP contribution in [-0.2, 0) is 0 Å². The number of nitrogens with zero attached hydrogens (tertiary/aromatic N) is 4. The van der Waals surface area contributed by atoms with Gasteiger partial charge in [-0.25, -0.2) is 4.98 Å². The highest BCUT2D eigenvalue weighted by atomic mass is 16.5. The zero-order valence-electron chi connectivity index (χ0n) is 16.8. The lowest BCUT2D eigenvalue weighted by molar-refractivity contribution is 0.0759. The number of aromatic nitrogens is 1. The third-order valence-corrected chi connectivity index (χ3v) is 5.88. The molecule has 1 atom stereocenters. The average Bonchev–Trinajstić information content (AvgIpc) is 3.25. The monoisotopic (exact) mass is 392 g/mol. The van der Waals surface area contributed by atoms with E-state index in [1.165, 1.54) is 32.4 Å². The Morgan fingerprint density at radius 3 is 2.83 bits per heavy atom. The fourth-order valence-corrected chi connectivity index (χ4v) is 4.26. The Kier molecular flexibility index (Phi) is 6.26. The first kappa shape index (κ1) is 19.7. The summed E-state index contributed by atoms with van der Waals surface area (Å²) in [6, 6.07) is 11.3. The van der Waals surface area contributed by atoms with Crippen molar-refractivity contribution < 1.29 is 9.53 Å². The van der Waals surface area contributed by atoms with E-state index in [-0.39, 0.29) is 11.9 Å². The van der Waals surface area contributed by atoms with Crippen LogP contribution in [-0.4, -0.2) is 59.5 Å². The molecule has 3 heterocycles. The largest absolute Gasteiger partial charge is 0.494 e. The zero-order chi connectivity index (χ0) is 20.1. The molecule has 2 aromatic rings. The number of carbonyl (C=O) groups is 1. The van der Waals surface area contributed by atoms with Gasteiger partial charge in [0.25, 0.3) is 5.91 Å². The van der Waals surface area contributed by atoms with Crippen LogP contribution in [0.2, 0.25) is 0 Å². The SMILES string of the molecule is N#CC1CCCN1C(=O)c1ccc2cc(OCCCN3CCCCC3)ccc2n1. The number of carbonyl (C=O) groups excluding carboxylic acids is 1. The van der Waals surface area contributed by atoms with E-state index in [0.717, 1.165) is 42.5 Å². The van der Waals surface area contributed by atoms with Gasteiger partial charge < -0.3 is 14.5 Å². The van der Waals surface area contributed by atoms with Gasteiger partial charge in [-0.05, 0) is 69.5 Å². The van der Waals surface area contributed by atoms with Crippen molar-refractivity contribution >= 4 is 16.8 Å². The predicted molar refractivity (Wildman–Crippen MR) is 112 cm³/mol. The number of piperidine rings is 1. The van der Waals surface area contributed by atoms with Gasteiger partial charge in [-0.3, -0.25) is 4.79 Å². The normalized spacial score (nSPS) is 20.0. The lowest BCUT2D eigenvalue weighted by Gasteiger charge is -2.26. The molecule has 0 radical (unpaired) electrons. The van der Waals surface area contributed by atoms with E-state index in [1.807, 2.05) is 24.3 Å². The molecule has 1 aromatic carbocycles. The van der Waals surface area contributed by atoms with Crippen molar-refractivity contribution in [3.05, 3.63) is 36.0 Å². The van der Waals surface area contributed by atoms with Gasteiger partial charge in [0.1, 0.15) is 17.5 Å². The van der Waals surface area contributed by atoms with Gasteiger partial charge in [0.05, 0.1) is 18.2 Å². The highest BCUT2D eigenvalue weighted by Gasteiger charge is 2.29. The molecule has 1 aromatic heterocycles. The molecule has 0 saturated carbocycles. The molecular weight excluding hydrogens is 364 g/mol. The minimum Gasteiger partial charge on any atom is -0.494 e. The zero-order valence-corrected chi connectivity index (χ0v) is 16.8. The van der Waals surface area contributed by atoms with Crippen molar-refractivity contribution in [3.63, 3.8) is 0 Å². The number of rotatable bonds is 6. The van der Waals surface area contributed by atoms with Gasteiger partial charge in [-0.1, -0.05) is 12.5 Å². The maximum absolute atomic E-state index is 12.7. The van der Waals surface area contributed by atoms with Crippen molar-refractivity contribution in [2.75, 3.05) is 32.8 Å². The van der Waals surface area contributed by atoms with Gasteiger partial charge in [-0.15, -0.1) is 0 Å². The quantitative estimate of drug-likeness (QED) is 0.703. The molecule has 0 N–H and O–H groups in total. The summed E-state index contributed by atoms with van der Waals surface area (Å²) in [5.74, 6) is 0.676. The molecule has 6 heteroatoms. The van der Waals surface area contributed by atoms with Crippen LogP contribution in [0.3, 0.4) is 0 Å². The summed E-state index contributed by atoms with van der Waals surface area (Å²) >= 11 is 0. The fourth-order valence-electron chi connectivity index (χ4n) is 4.26. The molecule has 2 fully saturated rings. The van der Waals surface area contributed by atoms with E-state index in [0.29, 0.717) is 18.8 Å². The minimum absolute atomic E-state index is 0.158. The van der Waals surface area contributed by atoms with Crippen molar-refractivity contribution in [2.45, 2.75) is 44.6 Å². The summed E-state index contributed by atoms with van der Waals surface area (Å²) in [7, 11) is 0. The van der Waals surface area contributed by atoms with Crippen LogP contribution in [0.1, 0.15) is 49.0 Å². The number of nitriles is 1. The van der Waals surface area contributed by atoms with Crippen molar-refractivity contribution in [3.8, 4) is 11.8 Å². The summed E-state index contributed by atoms with van der Waals surface area (Å²) in [4.78, 5) is 21.4. The van der Waals surface area contributed by atoms with E-state index >= 15 is 0 Å². The third-order valence-electron chi connectivity index (χ3n) is 5.88. The smallest absolute Gasteiger partial charge is 0.273 e. The lowest BCUT2D eigenvalue weighted by atomic mass is 10.1. The Morgan fingerprint density at radius 1 is 1.14 bits per heavy atom. The molecule has 2 aliphatic heterocycles. The molecule has 0 spiro atoms. The Morgan fingerprint density at radius 2 is 2.00 bits per heavy atom. The molecule has 0 bridgehead atoms. The van der Waals surface area contributed by atoms with Crippen LogP contribution in [0.15, 0.2) is 30.3 Å². The van der Waals surface area contributed by atoms with Gasteiger partial charge in [0.15, 0.2) is 0 Å². The maximum atomic E-state index is 12.7. The molecule has 2 aliphatic rings. The van der Waals surface area contributed by atoms with Crippen LogP contribution < -0.4 is 4.74 Å². The van der Waals surface area contributed by atoms with Crippen LogP contribution in [0.4, 0.5) is 0 Å². The second-order valence-corrected chi connectivity index (χ2v) is 7.94.